The highest BCUT2D eigenvalue weighted by Gasteiger charge is 2.15. The molecule has 3 aromatic rings. The molecule has 0 radical (unpaired) electrons. The lowest BCUT2D eigenvalue weighted by Gasteiger charge is -2.07. The SMILES string of the molecule is CCc1nnc(NC(=O)c2ccc(-n3nc(C)c(CCC(=O)OC)c3C)cc2)s1. The van der Waals surface area contributed by atoms with Gasteiger partial charge in [0.05, 0.1) is 18.5 Å². The van der Waals surface area contributed by atoms with Crippen molar-refractivity contribution >= 4 is 28.3 Å². The van der Waals surface area contributed by atoms with Gasteiger partial charge in [0, 0.05) is 17.7 Å². The molecule has 9 heteroatoms. The minimum absolute atomic E-state index is 0.234. The molecule has 0 aliphatic carbocycles. The molecule has 29 heavy (non-hydrogen) atoms. The van der Waals surface area contributed by atoms with Crippen molar-refractivity contribution in [3.8, 4) is 5.69 Å². The molecule has 1 amide bonds. The molecule has 0 unspecified atom stereocenters. The first-order valence-corrected chi connectivity index (χ1v) is 10.1. The summed E-state index contributed by atoms with van der Waals surface area (Å²) in [6.07, 6.45) is 1.67. The van der Waals surface area contributed by atoms with Gasteiger partial charge in [-0.1, -0.05) is 18.3 Å². The summed E-state index contributed by atoms with van der Waals surface area (Å²) in [5.41, 5.74) is 4.23. The average Bonchev–Trinajstić information content (AvgIpc) is 3.30. The summed E-state index contributed by atoms with van der Waals surface area (Å²) in [7, 11) is 1.39. The number of benzene rings is 1. The number of nitrogens with one attached hydrogen (secondary N) is 1. The molecule has 0 saturated carbocycles. The molecule has 0 fully saturated rings. The molecule has 8 nitrogen and oxygen atoms in total. The maximum absolute atomic E-state index is 12.4. The number of nitrogens with zero attached hydrogens (tertiary/aromatic N) is 4. The van der Waals surface area contributed by atoms with Crippen LogP contribution in [0, 0.1) is 13.8 Å². The van der Waals surface area contributed by atoms with Crippen molar-refractivity contribution in [3.05, 3.63) is 51.8 Å². The second kappa shape index (κ2) is 8.95. The molecular weight excluding hydrogens is 390 g/mol. The van der Waals surface area contributed by atoms with E-state index in [2.05, 4.69) is 20.6 Å². The molecule has 3 rings (SSSR count). The number of esters is 1. The summed E-state index contributed by atoms with van der Waals surface area (Å²) in [6.45, 7) is 5.88. The van der Waals surface area contributed by atoms with Crippen LogP contribution in [0.25, 0.3) is 5.69 Å². The molecule has 1 aromatic carbocycles. The highest BCUT2D eigenvalue weighted by atomic mass is 32.1. The third kappa shape index (κ3) is 4.68. The van der Waals surface area contributed by atoms with E-state index in [0.717, 1.165) is 34.1 Å². The summed E-state index contributed by atoms with van der Waals surface area (Å²) < 4.78 is 6.54. The van der Waals surface area contributed by atoms with Crippen LogP contribution in [0.4, 0.5) is 5.13 Å². The highest BCUT2D eigenvalue weighted by molar-refractivity contribution is 7.15. The molecule has 1 N–H and O–H groups in total. The van der Waals surface area contributed by atoms with Crippen molar-refractivity contribution in [2.75, 3.05) is 12.4 Å². The zero-order valence-corrected chi connectivity index (χ0v) is 17.7. The molecule has 2 aromatic heterocycles. The van der Waals surface area contributed by atoms with Crippen LogP contribution >= 0.6 is 11.3 Å². The van der Waals surface area contributed by atoms with E-state index < -0.39 is 0 Å². The third-order valence-corrected chi connectivity index (χ3v) is 5.59. The van der Waals surface area contributed by atoms with Crippen LogP contribution < -0.4 is 5.32 Å². The number of hydrogen-bond donors (Lipinski definition) is 1. The van der Waals surface area contributed by atoms with E-state index in [1.165, 1.54) is 18.4 Å². The number of carbonyl (C=O) groups excluding carboxylic acids is 2. The quantitative estimate of drug-likeness (QED) is 0.597. The smallest absolute Gasteiger partial charge is 0.305 e. The van der Waals surface area contributed by atoms with Crippen LogP contribution in [-0.4, -0.2) is 39.0 Å². The van der Waals surface area contributed by atoms with Crippen molar-refractivity contribution in [2.24, 2.45) is 0 Å². The number of carbonyl (C=O) groups is 2. The van der Waals surface area contributed by atoms with E-state index in [1.807, 2.05) is 37.6 Å². The Morgan fingerprint density at radius 2 is 1.90 bits per heavy atom. The van der Waals surface area contributed by atoms with Gasteiger partial charge in [-0.15, -0.1) is 10.2 Å². The van der Waals surface area contributed by atoms with Gasteiger partial charge in [0.1, 0.15) is 5.01 Å². The van der Waals surface area contributed by atoms with E-state index in [1.54, 1.807) is 12.1 Å². The summed E-state index contributed by atoms with van der Waals surface area (Å²) in [4.78, 5) is 23.9. The van der Waals surface area contributed by atoms with Gasteiger partial charge in [-0.05, 0) is 56.5 Å². The van der Waals surface area contributed by atoms with E-state index >= 15 is 0 Å². The summed E-state index contributed by atoms with van der Waals surface area (Å²) in [5.74, 6) is -0.476. The third-order valence-electron chi connectivity index (χ3n) is 4.61. The van der Waals surface area contributed by atoms with Gasteiger partial charge >= 0.3 is 5.97 Å². The van der Waals surface area contributed by atoms with Crippen LogP contribution in [0.3, 0.4) is 0 Å². The number of hydrogen-bond acceptors (Lipinski definition) is 7. The number of aromatic nitrogens is 4. The fourth-order valence-electron chi connectivity index (χ4n) is 2.99. The Morgan fingerprint density at radius 3 is 2.52 bits per heavy atom. The molecule has 0 spiro atoms. The Kier molecular flexibility index (Phi) is 6.38. The van der Waals surface area contributed by atoms with Crippen molar-refractivity contribution in [3.63, 3.8) is 0 Å². The van der Waals surface area contributed by atoms with Gasteiger partial charge in [0.2, 0.25) is 5.13 Å². The van der Waals surface area contributed by atoms with E-state index in [9.17, 15) is 9.59 Å². The largest absolute Gasteiger partial charge is 0.469 e. The minimum Gasteiger partial charge on any atom is -0.469 e. The number of rotatable bonds is 7. The number of anilines is 1. The number of methoxy groups -OCH3 is 1. The lowest BCUT2D eigenvalue weighted by Crippen LogP contribution is -2.12. The van der Waals surface area contributed by atoms with Crippen molar-refractivity contribution < 1.29 is 14.3 Å². The van der Waals surface area contributed by atoms with Crippen LogP contribution in [0.2, 0.25) is 0 Å². The standard InChI is InChI=1S/C20H23N5O3S/c1-5-17-22-23-20(29-17)21-19(27)14-6-8-15(9-7-14)25-13(3)16(12(2)24-25)10-11-18(26)28-4/h6-9H,5,10-11H2,1-4H3,(H,21,23,27). The Labute approximate surface area is 172 Å². The summed E-state index contributed by atoms with van der Waals surface area (Å²) in [5, 5.41) is 16.7. The maximum atomic E-state index is 12.4. The predicted molar refractivity (Wildman–Crippen MR) is 111 cm³/mol. The van der Waals surface area contributed by atoms with Crippen LogP contribution in [-0.2, 0) is 22.4 Å². The number of ether oxygens (including phenoxy) is 1. The Morgan fingerprint density at radius 1 is 1.17 bits per heavy atom. The van der Waals surface area contributed by atoms with Crippen molar-refractivity contribution in [2.45, 2.75) is 40.0 Å². The first-order valence-electron chi connectivity index (χ1n) is 9.29. The molecule has 0 aliphatic rings. The Bertz CT molecular complexity index is 1020. The number of amides is 1. The first-order chi connectivity index (χ1) is 13.9. The predicted octanol–water partition coefficient (Wildman–Crippen LogP) is 3.26. The zero-order chi connectivity index (χ0) is 21.0. The lowest BCUT2D eigenvalue weighted by atomic mass is 10.1. The van der Waals surface area contributed by atoms with Crippen LogP contribution in [0.1, 0.15) is 45.7 Å². The van der Waals surface area contributed by atoms with Crippen molar-refractivity contribution in [1.29, 1.82) is 0 Å². The molecule has 0 aliphatic heterocycles. The second-order valence-electron chi connectivity index (χ2n) is 6.49. The average molecular weight is 414 g/mol. The molecule has 0 bridgehead atoms. The zero-order valence-electron chi connectivity index (χ0n) is 16.9. The van der Waals surface area contributed by atoms with Gasteiger partial charge < -0.3 is 4.74 Å². The van der Waals surface area contributed by atoms with Gasteiger partial charge in [-0.2, -0.15) is 5.10 Å². The molecular formula is C20H23N5O3S. The van der Waals surface area contributed by atoms with Gasteiger partial charge in [-0.25, -0.2) is 4.68 Å². The van der Waals surface area contributed by atoms with Gasteiger partial charge in [0.15, 0.2) is 0 Å². The molecule has 2 heterocycles. The van der Waals surface area contributed by atoms with Gasteiger partial charge in [-0.3, -0.25) is 14.9 Å². The maximum Gasteiger partial charge on any atom is 0.305 e. The van der Waals surface area contributed by atoms with E-state index in [-0.39, 0.29) is 11.9 Å². The highest BCUT2D eigenvalue weighted by Crippen LogP contribution is 2.21. The first kappa shape index (κ1) is 20.7. The fraction of sp³-hybridized carbons (Fsp3) is 0.350. The monoisotopic (exact) mass is 413 g/mol. The Balaban J connectivity index is 1.74. The van der Waals surface area contributed by atoms with Gasteiger partial charge in [0.25, 0.3) is 5.91 Å². The topological polar surface area (TPSA) is 99.0 Å². The molecule has 0 saturated heterocycles. The summed E-state index contributed by atoms with van der Waals surface area (Å²) in [6, 6.07) is 7.18. The lowest BCUT2D eigenvalue weighted by molar-refractivity contribution is -0.140. The van der Waals surface area contributed by atoms with E-state index in [0.29, 0.717) is 23.5 Å². The minimum atomic E-state index is -0.242. The molecule has 0 atom stereocenters. The number of aryl methyl sites for hydroxylation is 2. The second-order valence-corrected chi connectivity index (χ2v) is 7.55. The molecule has 152 valence electrons. The fourth-order valence-corrected chi connectivity index (χ4v) is 3.66. The summed E-state index contributed by atoms with van der Waals surface area (Å²) >= 11 is 1.37. The van der Waals surface area contributed by atoms with E-state index in [4.69, 9.17) is 4.74 Å². The Hall–Kier alpha value is -3.07. The van der Waals surface area contributed by atoms with Crippen LogP contribution in [0.5, 0.6) is 0 Å². The van der Waals surface area contributed by atoms with Crippen molar-refractivity contribution in [1.82, 2.24) is 20.0 Å². The van der Waals surface area contributed by atoms with Crippen LogP contribution in [0.15, 0.2) is 24.3 Å². The normalized spacial score (nSPS) is 10.8.